The summed E-state index contributed by atoms with van der Waals surface area (Å²) in [6.07, 6.45) is 7.76. The fraction of sp³-hybridized carbons (Fsp3) is 0.625. The van der Waals surface area contributed by atoms with Crippen molar-refractivity contribution in [2.75, 3.05) is 32.8 Å². The average Bonchev–Trinajstić information content (AvgIpc) is 2.94. The monoisotopic (exact) mass is 569 g/mol. The maximum atomic E-state index is 13.2. The summed E-state index contributed by atoms with van der Waals surface area (Å²) >= 11 is 0. The molecule has 0 aromatic heterocycles. The fourth-order valence-corrected chi connectivity index (χ4v) is 5.27. The average molecular weight is 570 g/mol. The minimum atomic E-state index is -0.520. The molecule has 2 aliphatic rings. The van der Waals surface area contributed by atoms with Gasteiger partial charge in [-0.15, -0.1) is 0 Å². The summed E-state index contributed by atoms with van der Waals surface area (Å²) in [6, 6.07) is 9.64. The van der Waals surface area contributed by atoms with E-state index in [1.165, 1.54) is 0 Å². The standard InChI is InChI=1S/C32H47N3O6/c1-5-40-29(37)22-27(15-13-24-10-7-6-8-11-24)33-30(38)26-12-9-19-35(23-26)28(36)16-14-25-17-20-34(21-18-25)31(39)41-32(2,3)4/h6-8,10-11,14,16,25-27H,5,9,12-13,15,17-23H2,1-4H3,(H,33,38)/b16-14+/t26-,27?/m1/s1. The molecule has 2 heterocycles. The number of benzene rings is 1. The van der Waals surface area contributed by atoms with Crippen molar-refractivity contribution in [3.63, 3.8) is 0 Å². The number of carbonyl (C=O) groups excluding carboxylic acids is 4. The Morgan fingerprint density at radius 1 is 1.02 bits per heavy atom. The molecule has 0 radical (unpaired) electrons. The number of nitrogens with one attached hydrogen (secondary N) is 1. The lowest BCUT2D eigenvalue weighted by molar-refractivity contribution is -0.144. The molecule has 41 heavy (non-hydrogen) atoms. The number of nitrogens with zero attached hydrogens (tertiary/aromatic N) is 2. The van der Waals surface area contributed by atoms with Gasteiger partial charge in [0.1, 0.15) is 5.60 Å². The van der Waals surface area contributed by atoms with Crippen LogP contribution in [0.25, 0.3) is 0 Å². The topological polar surface area (TPSA) is 105 Å². The van der Waals surface area contributed by atoms with E-state index < -0.39 is 5.60 Å². The van der Waals surface area contributed by atoms with Crippen molar-refractivity contribution in [2.45, 2.75) is 84.3 Å². The first-order valence-electron chi connectivity index (χ1n) is 15.0. The molecule has 1 aromatic carbocycles. The molecule has 226 valence electrons. The Labute approximate surface area is 244 Å². The van der Waals surface area contributed by atoms with Gasteiger partial charge in [-0.25, -0.2) is 4.79 Å². The first kappa shape index (κ1) is 32.2. The molecule has 1 N–H and O–H groups in total. The molecular formula is C32H47N3O6. The molecule has 2 fully saturated rings. The SMILES string of the molecule is CCOC(=O)CC(CCc1ccccc1)NC(=O)[C@@H]1CCCN(C(=O)/C=C/C2CCN(C(=O)OC(C)(C)C)CC2)C1. The van der Waals surface area contributed by atoms with Gasteiger partial charge in [-0.2, -0.15) is 0 Å². The summed E-state index contributed by atoms with van der Waals surface area (Å²) in [4.78, 5) is 54.2. The molecule has 2 saturated heterocycles. The highest BCUT2D eigenvalue weighted by atomic mass is 16.6. The largest absolute Gasteiger partial charge is 0.466 e. The summed E-state index contributed by atoms with van der Waals surface area (Å²) in [5.74, 6) is -0.643. The third-order valence-electron chi connectivity index (χ3n) is 7.50. The minimum Gasteiger partial charge on any atom is -0.466 e. The van der Waals surface area contributed by atoms with Gasteiger partial charge in [0.15, 0.2) is 0 Å². The van der Waals surface area contributed by atoms with Crippen LogP contribution in [-0.2, 0) is 30.3 Å². The highest BCUT2D eigenvalue weighted by Gasteiger charge is 2.30. The highest BCUT2D eigenvalue weighted by molar-refractivity contribution is 5.88. The predicted octanol–water partition coefficient (Wildman–Crippen LogP) is 4.50. The normalized spacial score (nSPS) is 19.1. The first-order chi connectivity index (χ1) is 19.5. The summed E-state index contributed by atoms with van der Waals surface area (Å²) in [7, 11) is 0. The zero-order chi connectivity index (χ0) is 29.8. The number of allylic oxidation sites excluding steroid dienone is 1. The van der Waals surface area contributed by atoms with E-state index in [9.17, 15) is 19.2 Å². The van der Waals surface area contributed by atoms with Gasteiger partial charge in [0, 0.05) is 32.2 Å². The first-order valence-corrected chi connectivity index (χ1v) is 15.0. The summed E-state index contributed by atoms with van der Waals surface area (Å²) < 4.78 is 10.6. The van der Waals surface area contributed by atoms with Crippen LogP contribution in [0.3, 0.4) is 0 Å². The second kappa shape index (κ2) is 15.6. The molecule has 2 atom stereocenters. The predicted molar refractivity (Wildman–Crippen MR) is 157 cm³/mol. The van der Waals surface area contributed by atoms with Crippen LogP contribution in [0.4, 0.5) is 4.79 Å². The molecule has 9 heteroatoms. The highest BCUT2D eigenvalue weighted by Crippen LogP contribution is 2.22. The van der Waals surface area contributed by atoms with Gasteiger partial charge in [0.25, 0.3) is 0 Å². The number of carbonyl (C=O) groups is 4. The minimum absolute atomic E-state index is 0.0933. The third-order valence-corrected chi connectivity index (χ3v) is 7.50. The van der Waals surface area contributed by atoms with E-state index in [0.717, 1.165) is 31.2 Å². The van der Waals surface area contributed by atoms with Crippen LogP contribution in [-0.4, -0.2) is 78.1 Å². The summed E-state index contributed by atoms with van der Waals surface area (Å²) in [5, 5.41) is 3.08. The number of rotatable bonds is 10. The molecular weight excluding hydrogens is 522 g/mol. The van der Waals surface area contributed by atoms with Crippen LogP contribution < -0.4 is 5.32 Å². The van der Waals surface area contributed by atoms with Crippen molar-refractivity contribution in [3.8, 4) is 0 Å². The van der Waals surface area contributed by atoms with E-state index in [-0.39, 0.29) is 48.2 Å². The molecule has 0 saturated carbocycles. The second-order valence-corrected chi connectivity index (χ2v) is 12.0. The molecule has 0 bridgehead atoms. The van der Waals surface area contributed by atoms with Crippen molar-refractivity contribution < 1.29 is 28.7 Å². The van der Waals surface area contributed by atoms with E-state index >= 15 is 0 Å². The Morgan fingerprint density at radius 2 is 1.73 bits per heavy atom. The van der Waals surface area contributed by atoms with E-state index in [1.807, 2.05) is 57.2 Å². The quantitative estimate of drug-likeness (QED) is 0.329. The Morgan fingerprint density at radius 3 is 2.39 bits per heavy atom. The number of esters is 1. The number of hydrogen-bond acceptors (Lipinski definition) is 6. The van der Waals surface area contributed by atoms with Gasteiger partial charge in [0.05, 0.1) is 18.9 Å². The maximum Gasteiger partial charge on any atom is 0.410 e. The number of hydrogen-bond donors (Lipinski definition) is 1. The Kier molecular flexibility index (Phi) is 12.2. The van der Waals surface area contributed by atoms with E-state index in [0.29, 0.717) is 45.6 Å². The van der Waals surface area contributed by atoms with E-state index in [1.54, 1.807) is 22.8 Å². The van der Waals surface area contributed by atoms with Gasteiger partial charge in [-0.3, -0.25) is 14.4 Å². The van der Waals surface area contributed by atoms with E-state index in [2.05, 4.69) is 5.32 Å². The molecule has 0 aliphatic carbocycles. The van der Waals surface area contributed by atoms with Gasteiger partial charge in [-0.05, 0) is 83.8 Å². The van der Waals surface area contributed by atoms with Crippen LogP contribution in [0.1, 0.15) is 71.8 Å². The molecule has 1 unspecified atom stereocenters. The van der Waals surface area contributed by atoms with Gasteiger partial charge >= 0.3 is 12.1 Å². The Bertz CT molecular complexity index is 1040. The zero-order valence-corrected chi connectivity index (χ0v) is 25.1. The van der Waals surface area contributed by atoms with Crippen molar-refractivity contribution >= 4 is 23.9 Å². The van der Waals surface area contributed by atoms with Crippen LogP contribution in [0.15, 0.2) is 42.5 Å². The molecule has 3 rings (SSSR count). The van der Waals surface area contributed by atoms with Crippen molar-refractivity contribution in [1.29, 1.82) is 0 Å². The number of likely N-dealkylation sites (tertiary alicyclic amines) is 2. The molecule has 3 amide bonds. The van der Waals surface area contributed by atoms with Crippen molar-refractivity contribution in [2.24, 2.45) is 11.8 Å². The fourth-order valence-electron chi connectivity index (χ4n) is 5.27. The number of piperidine rings is 2. The zero-order valence-electron chi connectivity index (χ0n) is 25.1. The third kappa shape index (κ3) is 11.2. The molecule has 0 spiro atoms. The second-order valence-electron chi connectivity index (χ2n) is 12.0. The van der Waals surface area contributed by atoms with E-state index in [4.69, 9.17) is 9.47 Å². The van der Waals surface area contributed by atoms with Crippen molar-refractivity contribution in [3.05, 3.63) is 48.0 Å². The van der Waals surface area contributed by atoms with Crippen molar-refractivity contribution in [1.82, 2.24) is 15.1 Å². The maximum absolute atomic E-state index is 13.2. The van der Waals surface area contributed by atoms with Crippen LogP contribution >= 0.6 is 0 Å². The molecule has 9 nitrogen and oxygen atoms in total. The van der Waals surface area contributed by atoms with Crippen LogP contribution in [0, 0.1) is 11.8 Å². The molecule has 2 aliphatic heterocycles. The Hall–Kier alpha value is -3.36. The number of amides is 3. The number of aryl methyl sites for hydroxylation is 1. The lowest BCUT2D eigenvalue weighted by Crippen LogP contribution is -2.48. The Balaban J connectivity index is 1.49. The van der Waals surface area contributed by atoms with Gasteiger partial charge in [0.2, 0.25) is 11.8 Å². The van der Waals surface area contributed by atoms with Crippen LogP contribution in [0.5, 0.6) is 0 Å². The van der Waals surface area contributed by atoms with Gasteiger partial charge in [-0.1, -0.05) is 36.4 Å². The number of ether oxygens (including phenoxy) is 2. The summed E-state index contributed by atoms with van der Waals surface area (Å²) in [5.41, 5.74) is 0.625. The smallest absolute Gasteiger partial charge is 0.410 e. The lowest BCUT2D eigenvalue weighted by atomic mass is 9.95. The summed E-state index contributed by atoms with van der Waals surface area (Å²) in [6.45, 7) is 9.81. The lowest BCUT2D eigenvalue weighted by Gasteiger charge is -2.33. The van der Waals surface area contributed by atoms with Gasteiger partial charge < -0.3 is 24.6 Å². The van der Waals surface area contributed by atoms with Crippen LogP contribution in [0.2, 0.25) is 0 Å². The molecule has 1 aromatic rings.